The highest BCUT2D eigenvalue weighted by molar-refractivity contribution is 8.01. The van der Waals surface area contributed by atoms with E-state index < -0.39 is 5.82 Å². The molecule has 2 N–H and O–H groups in total. The number of hydrogen-bond acceptors (Lipinski definition) is 8. The summed E-state index contributed by atoms with van der Waals surface area (Å²) in [4.78, 5) is 24.6. The van der Waals surface area contributed by atoms with Gasteiger partial charge in [0.2, 0.25) is 11.0 Å². The van der Waals surface area contributed by atoms with Crippen LogP contribution >= 0.6 is 23.1 Å². The summed E-state index contributed by atoms with van der Waals surface area (Å²) in [5.41, 5.74) is 0.496. The molecule has 0 saturated heterocycles. The lowest BCUT2D eigenvalue weighted by Gasteiger charge is -2.12. The molecule has 0 aliphatic heterocycles. The zero-order chi connectivity index (χ0) is 22.9. The highest BCUT2D eigenvalue weighted by Gasteiger charge is 2.15. The van der Waals surface area contributed by atoms with Crippen LogP contribution in [0.1, 0.15) is 24.2 Å². The van der Waals surface area contributed by atoms with Crippen LogP contribution in [0.25, 0.3) is 0 Å². The number of thioether (sulfide) groups is 1. The van der Waals surface area contributed by atoms with Gasteiger partial charge in [-0.25, -0.2) is 4.39 Å². The molecule has 0 fully saturated rings. The van der Waals surface area contributed by atoms with Crippen molar-refractivity contribution in [1.82, 2.24) is 10.2 Å². The Hall–Kier alpha value is -3.18. The van der Waals surface area contributed by atoms with Gasteiger partial charge in [-0.15, -0.1) is 10.2 Å². The Morgan fingerprint density at radius 2 is 1.78 bits per heavy atom. The van der Waals surface area contributed by atoms with E-state index in [2.05, 4.69) is 20.8 Å². The van der Waals surface area contributed by atoms with E-state index in [-0.39, 0.29) is 23.3 Å². The Morgan fingerprint density at radius 1 is 1.03 bits per heavy atom. The zero-order valence-corrected chi connectivity index (χ0v) is 19.0. The topological polar surface area (TPSA) is 102 Å². The quantitative estimate of drug-likeness (QED) is 0.329. The molecule has 2 amide bonds. The van der Waals surface area contributed by atoms with Crippen LogP contribution in [0.3, 0.4) is 0 Å². The summed E-state index contributed by atoms with van der Waals surface area (Å²) >= 11 is 2.27. The normalized spacial score (nSPS) is 10.5. The third-order valence-corrected chi connectivity index (χ3v) is 5.88. The minimum absolute atomic E-state index is 0.0214. The molecule has 3 rings (SSSR count). The maximum Gasteiger partial charge on any atom is 0.257 e. The number of anilines is 2. The number of nitrogens with one attached hydrogen (secondary N) is 2. The van der Waals surface area contributed by atoms with Gasteiger partial charge in [-0.05, 0) is 44.2 Å². The van der Waals surface area contributed by atoms with Gasteiger partial charge in [0, 0.05) is 5.56 Å². The van der Waals surface area contributed by atoms with Crippen LogP contribution < -0.4 is 20.1 Å². The maximum atomic E-state index is 13.6. The molecule has 0 bridgehead atoms. The molecule has 1 aromatic heterocycles. The highest BCUT2D eigenvalue weighted by atomic mass is 32.2. The molecule has 0 unspecified atom stereocenters. The van der Waals surface area contributed by atoms with Crippen LogP contribution in [0.15, 0.2) is 46.8 Å². The smallest absolute Gasteiger partial charge is 0.257 e. The molecular weight excluding hydrogens is 455 g/mol. The molecule has 168 valence electrons. The first kappa shape index (κ1) is 23.5. The number of halogens is 1. The molecule has 11 heteroatoms. The van der Waals surface area contributed by atoms with Crippen molar-refractivity contribution in [3.05, 3.63) is 53.8 Å². The molecule has 0 atom stereocenters. The van der Waals surface area contributed by atoms with Crippen LogP contribution in [0.2, 0.25) is 0 Å². The van der Waals surface area contributed by atoms with Crippen molar-refractivity contribution in [1.29, 1.82) is 0 Å². The standard InChI is InChI=1S/C21H21FN4O4S2/c1-3-29-16-10-9-13(11-17(16)30-4-2)19(28)24-20-25-26-21(32-20)31-12-18(27)23-15-8-6-5-7-14(15)22/h5-11H,3-4,12H2,1-2H3,(H,23,27)(H,24,25,28). The van der Waals surface area contributed by atoms with E-state index in [9.17, 15) is 14.0 Å². The Morgan fingerprint density at radius 3 is 2.53 bits per heavy atom. The predicted molar refractivity (Wildman–Crippen MR) is 122 cm³/mol. The lowest BCUT2D eigenvalue weighted by atomic mass is 10.2. The van der Waals surface area contributed by atoms with Crippen LogP contribution in [-0.2, 0) is 4.79 Å². The first-order valence-corrected chi connectivity index (χ1v) is 11.5. The van der Waals surface area contributed by atoms with Gasteiger partial charge in [0.05, 0.1) is 24.7 Å². The summed E-state index contributed by atoms with van der Waals surface area (Å²) in [6, 6.07) is 10.8. The number of rotatable bonds is 10. The lowest BCUT2D eigenvalue weighted by molar-refractivity contribution is -0.113. The maximum absolute atomic E-state index is 13.6. The van der Waals surface area contributed by atoms with Gasteiger partial charge < -0.3 is 14.8 Å². The second-order valence-corrected chi connectivity index (χ2v) is 8.37. The molecule has 2 aromatic carbocycles. The molecule has 1 heterocycles. The minimum atomic E-state index is -0.506. The van der Waals surface area contributed by atoms with Gasteiger partial charge >= 0.3 is 0 Å². The van der Waals surface area contributed by atoms with Crippen molar-refractivity contribution in [3.63, 3.8) is 0 Å². The Bertz CT molecular complexity index is 1090. The second-order valence-electron chi connectivity index (χ2n) is 6.17. The molecule has 8 nitrogen and oxygen atoms in total. The van der Waals surface area contributed by atoms with Gasteiger partial charge in [-0.1, -0.05) is 35.2 Å². The van der Waals surface area contributed by atoms with Gasteiger partial charge in [0.25, 0.3) is 5.91 Å². The lowest BCUT2D eigenvalue weighted by Crippen LogP contribution is -2.14. The monoisotopic (exact) mass is 476 g/mol. The minimum Gasteiger partial charge on any atom is -0.490 e. The average Bonchev–Trinajstić information content (AvgIpc) is 3.22. The Balaban J connectivity index is 1.56. The Labute approximate surface area is 192 Å². The number of carbonyl (C=O) groups is 2. The number of amides is 2. The van der Waals surface area contributed by atoms with E-state index in [4.69, 9.17) is 9.47 Å². The summed E-state index contributed by atoms with van der Waals surface area (Å²) in [5, 5.41) is 13.4. The van der Waals surface area contributed by atoms with E-state index in [1.807, 2.05) is 13.8 Å². The van der Waals surface area contributed by atoms with Crippen molar-refractivity contribution in [2.24, 2.45) is 0 Å². The van der Waals surface area contributed by atoms with Crippen molar-refractivity contribution >= 4 is 45.7 Å². The number of aromatic nitrogens is 2. The summed E-state index contributed by atoms with van der Waals surface area (Å²) in [6.45, 7) is 4.63. The number of ether oxygens (including phenoxy) is 2. The fourth-order valence-corrected chi connectivity index (χ4v) is 4.10. The van der Waals surface area contributed by atoms with Crippen molar-refractivity contribution in [2.45, 2.75) is 18.2 Å². The van der Waals surface area contributed by atoms with Crippen molar-refractivity contribution in [3.8, 4) is 11.5 Å². The van der Waals surface area contributed by atoms with Crippen LogP contribution in [-0.4, -0.2) is 41.0 Å². The summed E-state index contributed by atoms with van der Waals surface area (Å²) in [6.07, 6.45) is 0. The summed E-state index contributed by atoms with van der Waals surface area (Å²) in [7, 11) is 0. The third-order valence-electron chi connectivity index (χ3n) is 3.91. The van der Waals surface area contributed by atoms with E-state index >= 15 is 0 Å². The number of para-hydroxylation sites is 1. The first-order chi connectivity index (χ1) is 15.5. The van der Waals surface area contributed by atoms with E-state index in [0.29, 0.717) is 39.7 Å². The number of nitrogens with zero attached hydrogens (tertiary/aromatic N) is 2. The molecule has 0 aliphatic carbocycles. The molecule has 0 radical (unpaired) electrons. The average molecular weight is 477 g/mol. The Kier molecular flexibility index (Phi) is 8.40. The predicted octanol–water partition coefficient (Wildman–Crippen LogP) is 4.46. The summed E-state index contributed by atoms with van der Waals surface area (Å²) in [5.74, 6) is -0.190. The van der Waals surface area contributed by atoms with Gasteiger partial charge in [-0.2, -0.15) is 0 Å². The largest absolute Gasteiger partial charge is 0.490 e. The van der Waals surface area contributed by atoms with Gasteiger partial charge in [0.1, 0.15) is 5.82 Å². The van der Waals surface area contributed by atoms with E-state index in [1.165, 1.54) is 12.1 Å². The van der Waals surface area contributed by atoms with Gasteiger partial charge in [0.15, 0.2) is 15.8 Å². The number of carbonyl (C=O) groups excluding carboxylic acids is 2. The van der Waals surface area contributed by atoms with Crippen LogP contribution in [0.5, 0.6) is 11.5 Å². The zero-order valence-electron chi connectivity index (χ0n) is 17.4. The third kappa shape index (κ3) is 6.41. The van der Waals surface area contributed by atoms with E-state index in [0.717, 1.165) is 23.1 Å². The highest BCUT2D eigenvalue weighted by Crippen LogP contribution is 2.30. The second kappa shape index (κ2) is 11.4. The van der Waals surface area contributed by atoms with Gasteiger partial charge in [-0.3, -0.25) is 14.9 Å². The fourth-order valence-electron chi connectivity index (χ4n) is 2.56. The first-order valence-electron chi connectivity index (χ1n) is 9.71. The SMILES string of the molecule is CCOc1ccc(C(=O)Nc2nnc(SCC(=O)Nc3ccccc3F)s2)cc1OCC. The molecule has 0 spiro atoms. The molecular formula is C21H21FN4O4S2. The number of benzene rings is 2. The van der Waals surface area contributed by atoms with E-state index in [1.54, 1.807) is 30.3 Å². The fraction of sp³-hybridized carbons (Fsp3) is 0.238. The molecule has 32 heavy (non-hydrogen) atoms. The number of hydrogen-bond donors (Lipinski definition) is 2. The van der Waals surface area contributed by atoms with Crippen LogP contribution in [0, 0.1) is 5.82 Å². The molecule has 3 aromatic rings. The molecule has 0 saturated carbocycles. The van der Waals surface area contributed by atoms with Crippen molar-refractivity contribution in [2.75, 3.05) is 29.6 Å². The molecule has 0 aliphatic rings. The van der Waals surface area contributed by atoms with Crippen molar-refractivity contribution < 1.29 is 23.5 Å². The summed E-state index contributed by atoms with van der Waals surface area (Å²) < 4.78 is 25.1. The van der Waals surface area contributed by atoms with Crippen LogP contribution in [0.4, 0.5) is 15.2 Å².